The van der Waals surface area contributed by atoms with Crippen LogP contribution in [0.3, 0.4) is 0 Å². The van der Waals surface area contributed by atoms with E-state index in [0.717, 1.165) is 42.0 Å². The van der Waals surface area contributed by atoms with Crippen molar-refractivity contribution in [1.82, 2.24) is 15.3 Å². The number of nitrogens with two attached hydrogens (primary N) is 1. The van der Waals surface area contributed by atoms with Gasteiger partial charge in [0.1, 0.15) is 5.82 Å². The van der Waals surface area contributed by atoms with Gasteiger partial charge in [-0.2, -0.15) is 0 Å². The quantitative estimate of drug-likeness (QED) is 0.754. The molecule has 1 aliphatic carbocycles. The maximum Gasteiger partial charge on any atom is 0.257 e. The van der Waals surface area contributed by atoms with Crippen molar-refractivity contribution in [2.24, 2.45) is 11.7 Å². The van der Waals surface area contributed by atoms with Gasteiger partial charge >= 0.3 is 0 Å². The molecule has 2 aliphatic rings. The van der Waals surface area contributed by atoms with Crippen LogP contribution in [-0.4, -0.2) is 41.2 Å². The lowest BCUT2D eigenvalue weighted by molar-refractivity contribution is -0.127. The van der Waals surface area contributed by atoms with Gasteiger partial charge in [-0.25, -0.2) is 14.4 Å². The average Bonchev–Trinajstić information content (AvgIpc) is 3.30. The first-order valence-electron chi connectivity index (χ1n) is 9.94. The number of aromatic nitrogens is 2. The molecule has 29 heavy (non-hydrogen) atoms. The molecule has 8 heteroatoms. The summed E-state index contributed by atoms with van der Waals surface area (Å²) in [5.74, 6) is 1.17. The summed E-state index contributed by atoms with van der Waals surface area (Å²) < 4.78 is 14.0. The van der Waals surface area contributed by atoms with E-state index >= 15 is 0 Å². The zero-order valence-electron chi connectivity index (χ0n) is 16.4. The normalized spacial score (nSPS) is 20.0. The number of alkyl halides is 1. The molecule has 154 valence electrons. The third-order valence-corrected chi connectivity index (χ3v) is 6.13. The highest BCUT2D eigenvalue weighted by Gasteiger charge is 2.50. The van der Waals surface area contributed by atoms with Crippen molar-refractivity contribution in [3.63, 3.8) is 0 Å². The second-order valence-electron chi connectivity index (χ2n) is 7.99. The molecule has 1 aliphatic heterocycles. The fourth-order valence-electron chi connectivity index (χ4n) is 3.56. The summed E-state index contributed by atoms with van der Waals surface area (Å²) in [4.78, 5) is 23.5. The van der Waals surface area contributed by atoms with Gasteiger partial charge in [0, 0.05) is 42.0 Å². The van der Waals surface area contributed by atoms with Crippen LogP contribution in [0.2, 0.25) is 5.02 Å². The van der Waals surface area contributed by atoms with E-state index in [0.29, 0.717) is 36.2 Å². The number of hydrogen-bond acceptors (Lipinski definition) is 5. The molecule has 1 aromatic carbocycles. The number of benzene rings is 1. The Morgan fingerprint density at radius 3 is 2.90 bits per heavy atom. The Morgan fingerprint density at radius 1 is 1.45 bits per heavy atom. The van der Waals surface area contributed by atoms with Gasteiger partial charge in [-0.3, -0.25) is 4.79 Å². The molecule has 0 bridgehead atoms. The lowest BCUT2D eigenvalue weighted by atomic mass is 10.1. The SMILES string of the molecule is Cc1ccc(-c2ncc(CNC(=O)C3(F)CC3)c(N3CC[C@@H](CN)C3)n2)cc1Cl. The van der Waals surface area contributed by atoms with Gasteiger partial charge in [-0.1, -0.05) is 23.7 Å². The third kappa shape index (κ3) is 4.21. The highest BCUT2D eigenvalue weighted by atomic mass is 35.5. The van der Waals surface area contributed by atoms with E-state index in [4.69, 9.17) is 22.3 Å². The van der Waals surface area contributed by atoms with Gasteiger partial charge in [0.25, 0.3) is 5.91 Å². The number of aryl methyl sites for hydroxylation is 1. The number of amides is 1. The predicted molar refractivity (Wildman–Crippen MR) is 112 cm³/mol. The largest absolute Gasteiger partial charge is 0.356 e. The molecular weight excluding hydrogens is 393 g/mol. The minimum atomic E-state index is -1.70. The zero-order chi connectivity index (χ0) is 20.6. The summed E-state index contributed by atoms with van der Waals surface area (Å²) in [6.45, 7) is 4.40. The van der Waals surface area contributed by atoms with Crippen LogP contribution in [0.25, 0.3) is 11.4 Å². The second kappa shape index (κ2) is 7.88. The first kappa shape index (κ1) is 20.0. The fourth-order valence-corrected chi connectivity index (χ4v) is 3.74. The van der Waals surface area contributed by atoms with Crippen LogP contribution >= 0.6 is 11.6 Å². The molecule has 3 N–H and O–H groups in total. The van der Waals surface area contributed by atoms with Crippen molar-refractivity contribution >= 4 is 23.3 Å². The van der Waals surface area contributed by atoms with Crippen molar-refractivity contribution in [3.8, 4) is 11.4 Å². The number of nitrogens with one attached hydrogen (secondary N) is 1. The van der Waals surface area contributed by atoms with Crippen LogP contribution in [0.4, 0.5) is 10.2 Å². The molecule has 2 aromatic rings. The number of anilines is 1. The lowest BCUT2D eigenvalue weighted by Crippen LogP contribution is -2.34. The number of halogens is 2. The topological polar surface area (TPSA) is 84.1 Å². The van der Waals surface area contributed by atoms with Gasteiger partial charge in [0.15, 0.2) is 11.5 Å². The van der Waals surface area contributed by atoms with Crippen LogP contribution in [0.1, 0.15) is 30.4 Å². The van der Waals surface area contributed by atoms with E-state index in [2.05, 4.69) is 15.2 Å². The number of hydrogen-bond donors (Lipinski definition) is 2. The summed E-state index contributed by atoms with van der Waals surface area (Å²) in [7, 11) is 0. The molecule has 6 nitrogen and oxygen atoms in total. The highest BCUT2D eigenvalue weighted by molar-refractivity contribution is 6.31. The number of carbonyl (C=O) groups excluding carboxylic acids is 1. The number of nitrogens with zero attached hydrogens (tertiary/aromatic N) is 3. The van der Waals surface area contributed by atoms with E-state index in [1.807, 2.05) is 25.1 Å². The first-order valence-corrected chi connectivity index (χ1v) is 10.3. The van der Waals surface area contributed by atoms with Crippen LogP contribution in [0.15, 0.2) is 24.4 Å². The summed E-state index contributed by atoms with van der Waals surface area (Å²) in [6.07, 6.45) is 3.28. The minimum Gasteiger partial charge on any atom is -0.356 e. The molecule has 2 fully saturated rings. The van der Waals surface area contributed by atoms with Gasteiger partial charge < -0.3 is 16.0 Å². The van der Waals surface area contributed by atoms with E-state index < -0.39 is 11.6 Å². The van der Waals surface area contributed by atoms with E-state index in [1.54, 1.807) is 6.20 Å². The van der Waals surface area contributed by atoms with Crippen molar-refractivity contribution < 1.29 is 9.18 Å². The van der Waals surface area contributed by atoms with Crippen LogP contribution in [-0.2, 0) is 11.3 Å². The van der Waals surface area contributed by atoms with Crippen molar-refractivity contribution in [3.05, 3.63) is 40.5 Å². The van der Waals surface area contributed by atoms with Gasteiger partial charge in [-0.15, -0.1) is 0 Å². The molecule has 2 heterocycles. The fraction of sp³-hybridized carbons (Fsp3) is 0.476. The Morgan fingerprint density at radius 2 is 2.24 bits per heavy atom. The third-order valence-electron chi connectivity index (χ3n) is 5.73. The molecule has 4 rings (SSSR count). The first-order chi connectivity index (χ1) is 13.9. The Labute approximate surface area is 174 Å². The lowest BCUT2D eigenvalue weighted by Gasteiger charge is -2.22. The van der Waals surface area contributed by atoms with Gasteiger partial charge in [-0.05, 0) is 50.3 Å². The zero-order valence-corrected chi connectivity index (χ0v) is 17.2. The number of rotatable bonds is 6. The summed E-state index contributed by atoms with van der Waals surface area (Å²) in [6, 6.07) is 5.73. The van der Waals surface area contributed by atoms with Crippen LogP contribution < -0.4 is 16.0 Å². The monoisotopic (exact) mass is 417 g/mol. The molecule has 0 unspecified atom stereocenters. The number of carbonyl (C=O) groups is 1. The molecule has 1 amide bonds. The molecule has 1 saturated heterocycles. The van der Waals surface area contributed by atoms with E-state index in [9.17, 15) is 9.18 Å². The Bertz CT molecular complexity index is 933. The summed E-state index contributed by atoms with van der Waals surface area (Å²) >= 11 is 6.27. The molecule has 1 atom stereocenters. The standard InChI is InChI=1S/C21H25ClFN5O/c1-13-2-3-15(8-17(13)22)18-25-10-16(11-26-20(29)21(23)5-6-21)19(27-18)28-7-4-14(9-24)12-28/h2-3,8,10,14H,4-7,9,11-12,24H2,1H3,(H,26,29)/t14-/m0/s1. The molecule has 0 radical (unpaired) electrons. The predicted octanol–water partition coefficient (Wildman–Crippen LogP) is 3.01. The molecule has 1 saturated carbocycles. The Kier molecular flexibility index (Phi) is 5.44. The molecule has 0 spiro atoms. The smallest absolute Gasteiger partial charge is 0.257 e. The van der Waals surface area contributed by atoms with Crippen molar-refractivity contribution in [1.29, 1.82) is 0 Å². The summed E-state index contributed by atoms with van der Waals surface area (Å²) in [5.41, 5.74) is 6.73. The highest BCUT2D eigenvalue weighted by Crippen LogP contribution is 2.40. The van der Waals surface area contributed by atoms with E-state index in [1.165, 1.54) is 0 Å². The Hall–Kier alpha value is -2.25. The van der Waals surface area contributed by atoms with Crippen LogP contribution in [0.5, 0.6) is 0 Å². The maximum absolute atomic E-state index is 14.0. The van der Waals surface area contributed by atoms with Gasteiger partial charge in [0.05, 0.1) is 0 Å². The van der Waals surface area contributed by atoms with E-state index in [-0.39, 0.29) is 6.54 Å². The van der Waals surface area contributed by atoms with Crippen molar-refractivity contribution in [2.75, 3.05) is 24.5 Å². The minimum absolute atomic E-state index is 0.193. The maximum atomic E-state index is 14.0. The van der Waals surface area contributed by atoms with Gasteiger partial charge in [0.2, 0.25) is 0 Å². The Balaban J connectivity index is 1.62. The van der Waals surface area contributed by atoms with Crippen LogP contribution in [0, 0.1) is 12.8 Å². The summed E-state index contributed by atoms with van der Waals surface area (Å²) in [5, 5.41) is 3.36. The second-order valence-corrected chi connectivity index (χ2v) is 8.40. The molecule has 1 aromatic heterocycles. The molecular formula is C21H25ClFN5O. The average molecular weight is 418 g/mol. The van der Waals surface area contributed by atoms with Crippen molar-refractivity contribution in [2.45, 2.75) is 38.4 Å².